The molecule has 1 aliphatic carbocycles. The van der Waals surface area contributed by atoms with Crippen LogP contribution >= 0.6 is 0 Å². The van der Waals surface area contributed by atoms with E-state index < -0.39 is 0 Å². The summed E-state index contributed by atoms with van der Waals surface area (Å²) in [6.07, 6.45) is 3.88. The minimum Gasteiger partial charge on any atom is -0.384 e. The second-order valence-corrected chi connectivity index (χ2v) is 3.35. The molecule has 1 aromatic rings. The molecule has 4 nitrogen and oxygen atoms in total. The first-order valence-corrected chi connectivity index (χ1v) is 4.35. The van der Waals surface area contributed by atoms with Gasteiger partial charge in [-0.25, -0.2) is 9.97 Å². The van der Waals surface area contributed by atoms with Gasteiger partial charge < -0.3 is 5.73 Å². The van der Waals surface area contributed by atoms with Crippen molar-refractivity contribution < 1.29 is 4.79 Å². The second-order valence-electron chi connectivity index (χ2n) is 3.35. The molecule has 0 aromatic carbocycles. The van der Waals surface area contributed by atoms with E-state index in [4.69, 9.17) is 5.73 Å². The Labute approximate surface area is 76.2 Å². The van der Waals surface area contributed by atoms with Crippen LogP contribution in [0.15, 0.2) is 12.4 Å². The van der Waals surface area contributed by atoms with Crippen molar-refractivity contribution in [3.63, 3.8) is 0 Å². The summed E-state index contributed by atoms with van der Waals surface area (Å²) in [6.45, 7) is 0. The third-order valence-electron chi connectivity index (χ3n) is 2.13. The Morgan fingerprint density at radius 1 is 1.54 bits per heavy atom. The Bertz CT molecular complexity index is 333. The highest BCUT2D eigenvalue weighted by Gasteiger charge is 2.29. The summed E-state index contributed by atoms with van der Waals surface area (Å²) < 4.78 is 0. The van der Waals surface area contributed by atoms with E-state index in [9.17, 15) is 4.79 Å². The van der Waals surface area contributed by atoms with E-state index >= 15 is 0 Å². The average Bonchev–Trinajstić information content (AvgIpc) is 2.85. The number of nitrogens with zero attached hydrogens (tertiary/aromatic N) is 2. The Balaban J connectivity index is 2.04. The van der Waals surface area contributed by atoms with Crippen molar-refractivity contribution >= 4 is 11.6 Å². The first-order valence-electron chi connectivity index (χ1n) is 4.35. The molecule has 0 atom stereocenters. The van der Waals surface area contributed by atoms with Crippen molar-refractivity contribution in [1.29, 1.82) is 0 Å². The van der Waals surface area contributed by atoms with E-state index in [0.717, 1.165) is 18.5 Å². The van der Waals surface area contributed by atoms with Gasteiger partial charge in [0, 0.05) is 18.4 Å². The lowest BCUT2D eigenvalue weighted by molar-refractivity contribution is -0.119. The molecule has 0 saturated heterocycles. The molecule has 4 heteroatoms. The SMILES string of the molecule is Nc1cc(CC(=O)C2CC2)ncn1. The predicted molar refractivity (Wildman–Crippen MR) is 47.9 cm³/mol. The van der Waals surface area contributed by atoms with E-state index in [2.05, 4.69) is 9.97 Å². The monoisotopic (exact) mass is 177 g/mol. The van der Waals surface area contributed by atoms with Crippen molar-refractivity contribution in [2.75, 3.05) is 5.73 Å². The molecule has 0 amide bonds. The van der Waals surface area contributed by atoms with Crippen LogP contribution in [0.3, 0.4) is 0 Å². The van der Waals surface area contributed by atoms with Gasteiger partial charge in [-0.05, 0) is 12.8 Å². The van der Waals surface area contributed by atoms with Crippen LogP contribution in [0.5, 0.6) is 0 Å². The number of anilines is 1. The van der Waals surface area contributed by atoms with Crippen LogP contribution in [0.4, 0.5) is 5.82 Å². The van der Waals surface area contributed by atoms with Crippen LogP contribution in [-0.2, 0) is 11.2 Å². The van der Waals surface area contributed by atoms with Gasteiger partial charge in [-0.1, -0.05) is 0 Å². The van der Waals surface area contributed by atoms with Crippen molar-refractivity contribution in [3.05, 3.63) is 18.1 Å². The molecular formula is C9H11N3O. The lowest BCUT2D eigenvalue weighted by Crippen LogP contribution is -2.07. The standard InChI is InChI=1S/C9H11N3O/c10-9-4-7(11-5-12-9)3-8(13)6-1-2-6/h4-6H,1-3H2,(H2,10,11,12). The van der Waals surface area contributed by atoms with Gasteiger partial charge in [-0.15, -0.1) is 0 Å². The number of ketones is 1. The number of carbonyl (C=O) groups is 1. The molecule has 0 unspecified atom stereocenters. The molecule has 1 fully saturated rings. The normalized spacial score (nSPS) is 15.7. The van der Waals surface area contributed by atoms with Crippen molar-refractivity contribution in [2.24, 2.45) is 5.92 Å². The Morgan fingerprint density at radius 2 is 2.31 bits per heavy atom. The van der Waals surface area contributed by atoms with E-state index in [1.807, 2.05) is 0 Å². The zero-order valence-electron chi connectivity index (χ0n) is 7.23. The first-order chi connectivity index (χ1) is 6.25. The Kier molecular flexibility index (Phi) is 1.96. The van der Waals surface area contributed by atoms with Gasteiger partial charge in [0.15, 0.2) is 0 Å². The third-order valence-corrected chi connectivity index (χ3v) is 2.13. The number of aromatic nitrogens is 2. The van der Waals surface area contributed by atoms with Crippen molar-refractivity contribution in [3.8, 4) is 0 Å². The minimum absolute atomic E-state index is 0.276. The maximum atomic E-state index is 11.4. The number of rotatable bonds is 3. The minimum atomic E-state index is 0.276. The highest BCUT2D eigenvalue weighted by Crippen LogP contribution is 2.30. The number of nitrogens with two attached hydrogens (primary N) is 1. The molecule has 0 radical (unpaired) electrons. The number of nitrogen functional groups attached to an aromatic ring is 1. The second kappa shape index (κ2) is 3.12. The van der Waals surface area contributed by atoms with E-state index in [1.165, 1.54) is 6.33 Å². The molecular weight excluding hydrogens is 166 g/mol. The summed E-state index contributed by atoms with van der Waals surface area (Å²) in [6, 6.07) is 1.65. The fourth-order valence-electron chi connectivity index (χ4n) is 1.24. The largest absolute Gasteiger partial charge is 0.384 e. The molecule has 1 saturated carbocycles. The fraction of sp³-hybridized carbons (Fsp3) is 0.444. The van der Waals surface area contributed by atoms with Gasteiger partial charge in [0.05, 0.1) is 5.69 Å². The van der Waals surface area contributed by atoms with Crippen LogP contribution in [0, 0.1) is 5.92 Å². The van der Waals surface area contributed by atoms with Gasteiger partial charge >= 0.3 is 0 Å². The van der Waals surface area contributed by atoms with Crippen molar-refractivity contribution in [1.82, 2.24) is 9.97 Å². The lowest BCUT2D eigenvalue weighted by Gasteiger charge is -1.98. The molecule has 1 heterocycles. The molecule has 1 aromatic heterocycles. The fourth-order valence-corrected chi connectivity index (χ4v) is 1.24. The number of carbonyl (C=O) groups excluding carboxylic acids is 1. The molecule has 1 aliphatic rings. The molecule has 2 N–H and O–H groups in total. The van der Waals surface area contributed by atoms with Crippen LogP contribution in [0.1, 0.15) is 18.5 Å². The zero-order chi connectivity index (χ0) is 9.26. The maximum absolute atomic E-state index is 11.4. The van der Waals surface area contributed by atoms with E-state index in [1.54, 1.807) is 6.07 Å². The van der Waals surface area contributed by atoms with Crippen LogP contribution in [0.2, 0.25) is 0 Å². The van der Waals surface area contributed by atoms with Gasteiger partial charge in [-0.2, -0.15) is 0 Å². The Morgan fingerprint density at radius 3 is 2.92 bits per heavy atom. The summed E-state index contributed by atoms with van der Waals surface area (Å²) in [5.41, 5.74) is 6.19. The molecule has 0 spiro atoms. The average molecular weight is 177 g/mol. The quantitative estimate of drug-likeness (QED) is 0.733. The summed E-state index contributed by atoms with van der Waals surface area (Å²) in [7, 11) is 0. The van der Waals surface area contributed by atoms with Crippen LogP contribution in [-0.4, -0.2) is 15.8 Å². The van der Waals surface area contributed by atoms with Gasteiger partial charge in [0.2, 0.25) is 0 Å². The molecule has 0 aliphatic heterocycles. The molecule has 13 heavy (non-hydrogen) atoms. The summed E-state index contributed by atoms with van der Waals surface area (Å²) in [5.74, 6) is 0.989. The predicted octanol–water partition coefficient (Wildman–Crippen LogP) is 0.580. The van der Waals surface area contributed by atoms with E-state index in [0.29, 0.717) is 12.2 Å². The zero-order valence-corrected chi connectivity index (χ0v) is 7.23. The molecule has 2 rings (SSSR count). The topological polar surface area (TPSA) is 68.9 Å². The van der Waals surface area contributed by atoms with Crippen molar-refractivity contribution in [2.45, 2.75) is 19.3 Å². The van der Waals surface area contributed by atoms with Gasteiger partial charge in [0.1, 0.15) is 17.9 Å². The molecule has 68 valence electrons. The first kappa shape index (κ1) is 8.16. The summed E-state index contributed by atoms with van der Waals surface area (Å²) in [4.78, 5) is 19.1. The highest BCUT2D eigenvalue weighted by molar-refractivity contribution is 5.84. The lowest BCUT2D eigenvalue weighted by atomic mass is 10.1. The Hall–Kier alpha value is -1.45. The maximum Gasteiger partial charge on any atom is 0.141 e. The summed E-state index contributed by atoms with van der Waals surface area (Å²) >= 11 is 0. The van der Waals surface area contributed by atoms with Crippen LogP contribution < -0.4 is 5.73 Å². The number of hydrogen-bond donors (Lipinski definition) is 1. The third kappa shape index (κ3) is 2.02. The smallest absolute Gasteiger partial charge is 0.141 e. The molecule has 0 bridgehead atoms. The van der Waals surface area contributed by atoms with Crippen LogP contribution in [0.25, 0.3) is 0 Å². The number of hydrogen-bond acceptors (Lipinski definition) is 4. The highest BCUT2D eigenvalue weighted by atomic mass is 16.1. The number of Topliss-reactive ketones (excluding diaryl/α,β-unsaturated/α-hetero) is 1. The summed E-state index contributed by atoms with van der Waals surface area (Å²) in [5, 5.41) is 0. The van der Waals surface area contributed by atoms with Gasteiger partial charge in [-0.3, -0.25) is 4.79 Å². The van der Waals surface area contributed by atoms with Gasteiger partial charge in [0.25, 0.3) is 0 Å². The van der Waals surface area contributed by atoms with E-state index in [-0.39, 0.29) is 11.7 Å².